The molecule has 0 atom stereocenters. The Morgan fingerprint density at radius 2 is 2.07 bits per heavy atom. The van der Waals surface area contributed by atoms with Crippen LogP contribution in [0, 0.1) is 0 Å². The first-order valence-corrected chi connectivity index (χ1v) is 5.67. The number of nitrogens with zero attached hydrogens (tertiary/aromatic N) is 1. The van der Waals surface area contributed by atoms with Crippen LogP contribution in [-0.2, 0) is 6.54 Å². The molecule has 0 amide bonds. The first-order valence-electron chi connectivity index (χ1n) is 5.67. The van der Waals surface area contributed by atoms with Gasteiger partial charge in [0.25, 0.3) is 0 Å². The number of nitrogens with one attached hydrogen (secondary N) is 2. The number of aromatic amines is 1. The number of H-pyrrole nitrogens is 1. The van der Waals surface area contributed by atoms with Gasteiger partial charge >= 0.3 is 0 Å². The van der Waals surface area contributed by atoms with Gasteiger partial charge in [-0.15, -0.1) is 0 Å². The van der Waals surface area contributed by atoms with Crippen LogP contribution in [0.4, 0.5) is 0 Å². The Bertz CT molecular complexity index is 235. The molecule has 2 rings (SSSR count). The van der Waals surface area contributed by atoms with Gasteiger partial charge in [0.15, 0.2) is 0 Å². The van der Waals surface area contributed by atoms with Crippen molar-refractivity contribution < 1.29 is 0 Å². The summed E-state index contributed by atoms with van der Waals surface area (Å²) in [5.74, 6) is 0. The average Bonchev–Trinajstić information content (AvgIpc) is 2.58. The van der Waals surface area contributed by atoms with Gasteiger partial charge < -0.3 is 5.32 Å². The molecule has 0 radical (unpaired) electrons. The summed E-state index contributed by atoms with van der Waals surface area (Å²) >= 11 is 0. The molecule has 0 unspecified atom stereocenters. The fraction of sp³-hybridized carbons (Fsp3) is 0.727. The molecule has 14 heavy (non-hydrogen) atoms. The molecule has 0 bridgehead atoms. The Labute approximate surface area is 85.3 Å². The van der Waals surface area contributed by atoms with Crippen molar-refractivity contribution in [2.75, 3.05) is 0 Å². The minimum absolute atomic E-state index is 0.723. The lowest BCUT2D eigenvalue weighted by Crippen LogP contribution is -2.27. The van der Waals surface area contributed by atoms with Crippen LogP contribution in [0.3, 0.4) is 0 Å². The van der Waals surface area contributed by atoms with Crippen LogP contribution in [0.5, 0.6) is 0 Å². The number of hydrogen-bond acceptors (Lipinski definition) is 2. The summed E-state index contributed by atoms with van der Waals surface area (Å²) in [6.07, 6.45) is 10.1. The highest BCUT2D eigenvalue weighted by molar-refractivity contribution is 4.96. The van der Waals surface area contributed by atoms with Gasteiger partial charge in [0.1, 0.15) is 0 Å². The summed E-state index contributed by atoms with van der Waals surface area (Å²) in [5.41, 5.74) is 1.19. The molecule has 0 aliphatic heterocycles. The quantitative estimate of drug-likeness (QED) is 0.723. The Hall–Kier alpha value is -0.830. The second-order valence-corrected chi connectivity index (χ2v) is 4.15. The Morgan fingerprint density at radius 1 is 1.29 bits per heavy atom. The maximum absolute atomic E-state index is 3.94. The van der Waals surface area contributed by atoms with Crippen molar-refractivity contribution in [1.82, 2.24) is 15.5 Å². The topological polar surface area (TPSA) is 40.7 Å². The van der Waals surface area contributed by atoms with Crippen molar-refractivity contribution in [3.05, 3.63) is 18.0 Å². The third kappa shape index (κ3) is 2.84. The van der Waals surface area contributed by atoms with E-state index in [9.17, 15) is 0 Å². The van der Waals surface area contributed by atoms with Gasteiger partial charge in [-0.1, -0.05) is 25.7 Å². The molecule has 0 spiro atoms. The molecule has 2 N–H and O–H groups in total. The fourth-order valence-corrected chi connectivity index (χ4v) is 2.12. The van der Waals surface area contributed by atoms with Crippen LogP contribution < -0.4 is 5.32 Å². The van der Waals surface area contributed by atoms with E-state index in [-0.39, 0.29) is 0 Å². The van der Waals surface area contributed by atoms with E-state index in [1.165, 1.54) is 44.2 Å². The molecule has 1 fully saturated rings. The van der Waals surface area contributed by atoms with Gasteiger partial charge in [-0.25, -0.2) is 0 Å². The molecular formula is C11H19N3. The third-order valence-corrected chi connectivity index (χ3v) is 2.99. The van der Waals surface area contributed by atoms with E-state index in [1.807, 2.05) is 12.3 Å². The summed E-state index contributed by atoms with van der Waals surface area (Å²) in [5, 5.41) is 10.5. The average molecular weight is 193 g/mol. The minimum Gasteiger partial charge on any atom is -0.308 e. The lowest BCUT2D eigenvalue weighted by Gasteiger charge is -2.15. The Morgan fingerprint density at radius 3 is 2.71 bits per heavy atom. The van der Waals surface area contributed by atoms with E-state index in [0.29, 0.717) is 0 Å². The summed E-state index contributed by atoms with van der Waals surface area (Å²) < 4.78 is 0. The highest BCUT2D eigenvalue weighted by Crippen LogP contribution is 2.17. The molecule has 1 heterocycles. The summed E-state index contributed by atoms with van der Waals surface area (Å²) in [7, 11) is 0. The van der Waals surface area contributed by atoms with Crippen molar-refractivity contribution in [3.8, 4) is 0 Å². The third-order valence-electron chi connectivity index (χ3n) is 2.99. The number of rotatable bonds is 3. The number of aromatic nitrogens is 2. The van der Waals surface area contributed by atoms with Crippen LogP contribution in [0.25, 0.3) is 0 Å². The first-order chi connectivity index (χ1) is 6.95. The van der Waals surface area contributed by atoms with Gasteiger partial charge in [-0.2, -0.15) is 5.10 Å². The SMILES string of the molecule is c1cc(CNC2CCCCCC2)[nH]n1. The molecule has 3 nitrogen and oxygen atoms in total. The van der Waals surface area contributed by atoms with Gasteiger partial charge in [-0.05, 0) is 18.9 Å². The summed E-state index contributed by atoms with van der Waals surface area (Å²) in [4.78, 5) is 0. The normalized spacial score (nSPS) is 19.4. The van der Waals surface area contributed by atoms with Gasteiger partial charge in [0, 0.05) is 24.5 Å². The van der Waals surface area contributed by atoms with Crippen molar-refractivity contribution in [3.63, 3.8) is 0 Å². The molecule has 78 valence electrons. The monoisotopic (exact) mass is 193 g/mol. The second kappa shape index (κ2) is 5.15. The summed E-state index contributed by atoms with van der Waals surface area (Å²) in [6, 6.07) is 2.75. The zero-order chi connectivity index (χ0) is 9.64. The molecule has 1 aliphatic carbocycles. The van der Waals surface area contributed by atoms with Crippen LogP contribution in [0.15, 0.2) is 12.3 Å². The standard InChI is InChI=1S/C11H19N3/c1-2-4-6-10(5-3-1)12-9-11-7-8-13-14-11/h7-8,10,12H,1-6,9H2,(H,13,14). The maximum Gasteiger partial charge on any atom is 0.0490 e. The van der Waals surface area contributed by atoms with Crippen molar-refractivity contribution in [1.29, 1.82) is 0 Å². The Balaban J connectivity index is 1.73. The van der Waals surface area contributed by atoms with Crippen molar-refractivity contribution >= 4 is 0 Å². The van der Waals surface area contributed by atoms with Crippen molar-refractivity contribution in [2.45, 2.75) is 51.1 Å². The van der Waals surface area contributed by atoms with E-state index in [0.717, 1.165) is 12.6 Å². The second-order valence-electron chi connectivity index (χ2n) is 4.15. The summed E-state index contributed by atoms with van der Waals surface area (Å²) in [6.45, 7) is 0.935. The highest BCUT2D eigenvalue weighted by Gasteiger charge is 2.11. The maximum atomic E-state index is 3.94. The molecule has 1 saturated carbocycles. The molecule has 1 aromatic heterocycles. The van der Waals surface area contributed by atoms with Crippen LogP contribution in [0.1, 0.15) is 44.2 Å². The lowest BCUT2D eigenvalue weighted by molar-refractivity contribution is 0.456. The van der Waals surface area contributed by atoms with E-state index in [2.05, 4.69) is 15.5 Å². The zero-order valence-corrected chi connectivity index (χ0v) is 8.63. The van der Waals surface area contributed by atoms with E-state index in [1.54, 1.807) is 0 Å². The molecule has 0 saturated heterocycles. The van der Waals surface area contributed by atoms with E-state index >= 15 is 0 Å². The smallest absolute Gasteiger partial charge is 0.0490 e. The molecule has 3 heteroatoms. The van der Waals surface area contributed by atoms with Crippen LogP contribution in [-0.4, -0.2) is 16.2 Å². The molecule has 1 aromatic rings. The predicted octanol–water partition coefficient (Wildman–Crippen LogP) is 2.22. The van der Waals surface area contributed by atoms with Gasteiger partial charge in [0.05, 0.1) is 0 Å². The number of hydrogen-bond donors (Lipinski definition) is 2. The Kier molecular flexibility index (Phi) is 3.57. The molecule has 0 aromatic carbocycles. The highest BCUT2D eigenvalue weighted by atomic mass is 15.1. The van der Waals surface area contributed by atoms with E-state index in [4.69, 9.17) is 0 Å². The largest absolute Gasteiger partial charge is 0.308 e. The molecule has 1 aliphatic rings. The van der Waals surface area contributed by atoms with Crippen LogP contribution >= 0.6 is 0 Å². The first kappa shape index (κ1) is 9.71. The predicted molar refractivity (Wildman–Crippen MR) is 56.9 cm³/mol. The lowest BCUT2D eigenvalue weighted by atomic mass is 10.1. The minimum atomic E-state index is 0.723. The molecular weight excluding hydrogens is 174 g/mol. The van der Waals surface area contributed by atoms with Crippen LogP contribution in [0.2, 0.25) is 0 Å². The van der Waals surface area contributed by atoms with Gasteiger partial charge in [-0.3, -0.25) is 5.10 Å². The zero-order valence-electron chi connectivity index (χ0n) is 8.63. The van der Waals surface area contributed by atoms with E-state index < -0.39 is 0 Å². The van der Waals surface area contributed by atoms with Crippen molar-refractivity contribution in [2.24, 2.45) is 0 Å². The fourth-order valence-electron chi connectivity index (χ4n) is 2.12. The van der Waals surface area contributed by atoms with Gasteiger partial charge in [0.2, 0.25) is 0 Å².